The summed E-state index contributed by atoms with van der Waals surface area (Å²) in [6.45, 7) is 2.07. The van der Waals surface area contributed by atoms with Crippen molar-refractivity contribution < 1.29 is 14.3 Å². The summed E-state index contributed by atoms with van der Waals surface area (Å²) >= 11 is 5.74. The zero-order chi connectivity index (χ0) is 12.7. The van der Waals surface area contributed by atoms with Crippen LogP contribution in [0.5, 0.6) is 0 Å². The van der Waals surface area contributed by atoms with Crippen molar-refractivity contribution in [2.24, 2.45) is 0 Å². The van der Waals surface area contributed by atoms with Crippen molar-refractivity contribution in [2.75, 3.05) is 6.61 Å². The minimum Gasteiger partial charge on any atom is -0.465 e. The Labute approximate surface area is 105 Å². The molecule has 0 atom stereocenters. The molecule has 0 aromatic heterocycles. The highest BCUT2D eigenvalue weighted by Gasteiger charge is 2.00. The Hall–Kier alpha value is -1.79. The molecule has 3 nitrogen and oxygen atoms in total. The molecule has 0 aliphatic heterocycles. The van der Waals surface area contributed by atoms with E-state index in [1.807, 2.05) is 0 Å². The number of carbonyl (C=O) groups is 2. The third-order valence-corrected chi connectivity index (χ3v) is 2.14. The molecular formula is C13H11ClO3. The number of hydrogen-bond donors (Lipinski definition) is 0. The van der Waals surface area contributed by atoms with Crippen molar-refractivity contribution in [3.63, 3.8) is 0 Å². The van der Waals surface area contributed by atoms with Gasteiger partial charge in [0.15, 0.2) is 6.29 Å². The molecule has 0 aliphatic carbocycles. The molecule has 0 amide bonds. The third-order valence-electron chi connectivity index (χ3n) is 1.90. The van der Waals surface area contributed by atoms with Crippen LogP contribution in [0.25, 0.3) is 0 Å². The van der Waals surface area contributed by atoms with Gasteiger partial charge in [-0.2, -0.15) is 0 Å². The molecule has 1 aromatic rings. The van der Waals surface area contributed by atoms with E-state index in [-0.39, 0.29) is 12.4 Å². The molecule has 0 N–H and O–H groups in total. The third kappa shape index (κ3) is 4.29. The summed E-state index contributed by atoms with van der Waals surface area (Å²) in [7, 11) is 0. The molecule has 0 unspecified atom stereocenters. The molecule has 88 valence electrons. The molecule has 0 aliphatic rings. The second kappa shape index (κ2) is 6.72. The number of benzene rings is 1. The lowest BCUT2D eigenvalue weighted by molar-refractivity contribution is -0.141. The van der Waals surface area contributed by atoms with E-state index in [9.17, 15) is 9.59 Å². The number of esters is 1. The zero-order valence-corrected chi connectivity index (χ0v) is 10.1. The Bertz CT molecular complexity index is 483. The van der Waals surface area contributed by atoms with Crippen molar-refractivity contribution >= 4 is 23.9 Å². The van der Waals surface area contributed by atoms with Gasteiger partial charge in [-0.05, 0) is 25.1 Å². The molecule has 1 rings (SSSR count). The van der Waals surface area contributed by atoms with Crippen molar-refractivity contribution in [3.8, 4) is 11.8 Å². The van der Waals surface area contributed by atoms with Crippen LogP contribution in [-0.2, 0) is 9.53 Å². The maximum absolute atomic E-state index is 11.0. The van der Waals surface area contributed by atoms with Gasteiger partial charge >= 0.3 is 5.97 Å². The number of carbonyl (C=O) groups excluding carboxylic acids is 2. The van der Waals surface area contributed by atoms with Crippen LogP contribution in [0.15, 0.2) is 18.2 Å². The standard InChI is InChI=1S/C13H11ClO3/c1-2-17-13(16)5-3-4-10-6-7-12(14)8-11(10)9-15/h6-9H,2,5H2,1H3. The molecule has 0 spiro atoms. The Balaban J connectivity index is 2.78. The topological polar surface area (TPSA) is 43.4 Å². The Morgan fingerprint density at radius 2 is 2.29 bits per heavy atom. The van der Waals surface area contributed by atoms with E-state index in [1.54, 1.807) is 19.1 Å². The van der Waals surface area contributed by atoms with Gasteiger partial charge in [-0.3, -0.25) is 9.59 Å². The maximum Gasteiger partial charge on any atom is 0.317 e. The summed E-state index contributed by atoms with van der Waals surface area (Å²) < 4.78 is 4.72. The normalized spacial score (nSPS) is 9.06. The Kier molecular flexibility index (Phi) is 5.25. The number of rotatable bonds is 3. The monoisotopic (exact) mass is 250 g/mol. The first-order valence-electron chi connectivity index (χ1n) is 5.06. The molecule has 0 saturated carbocycles. The molecule has 0 saturated heterocycles. The highest BCUT2D eigenvalue weighted by molar-refractivity contribution is 6.30. The minimum atomic E-state index is -0.374. The Morgan fingerprint density at radius 1 is 1.53 bits per heavy atom. The van der Waals surface area contributed by atoms with Crippen LogP contribution in [0.3, 0.4) is 0 Å². The smallest absolute Gasteiger partial charge is 0.317 e. The summed E-state index contributed by atoms with van der Waals surface area (Å²) in [5.74, 6) is 5.02. The average Bonchev–Trinajstić information content (AvgIpc) is 2.31. The largest absolute Gasteiger partial charge is 0.465 e. The van der Waals surface area contributed by atoms with E-state index in [0.29, 0.717) is 29.0 Å². The molecule has 0 heterocycles. The number of ether oxygens (including phenoxy) is 1. The molecule has 0 bridgehead atoms. The number of aldehydes is 1. The minimum absolute atomic E-state index is 0.00869. The van der Waals surface area contributed by atoms with Gasteiger partial charge in [0, 0.05) is 16.1 Å². The fraction of sp³-hybridized carbons (Fsp3) is 0.231. The predicted octanol–water partition coefficient (Wildman–Crippen LogP) is 2.46. The molecule has 17 heavy (non-hydrogen) atoms. The van der Waals surface area contributed by atoms with Crippen LogP contribution < -0.4 is 0 Å². The van der Waals surface area contributed by atoms with E-state index in [0.717, 1.165) is 0 Å². The maximum atomic E-state index is 11.0. The molecule has 0 fully saturated rings. The summed E-state index contributed by atoms with van der Waals surface area (Å²) in [5.41, 5.74) is 0.961. The van der Waals surface area contributed by atoms with Crippen LogP contribution in [0, 0.1) is 11.8 Å². The van der Waals surface area contributed by atoms with E-state index in [4.69, 9.17) is 16.3 Å². The van der Waals surface area contributed by atoms with Crippen molar-refractivity contribution in [1.82, 2.24) is 0 Å². The fourth-order valence-corrected chi connectivity index (χ4v) is 1.35. The van der Waals surface area contributed by atoms with Crippen LogP contribution in [0.1, 0.15) is 29.3 Å². The van der Waals surface area contributed by atoms with Crippen molar-refractivity contribution in [3.05, 3.63) is 34.3 Å². The Morgan fingerprint density at radius 3 is 2.94 bits per heavy atom. The summed E-state index contributed by atoms with van der Waals surface area (Å²) in [6.07, 6.45) is 0.690. The quantitative estimate of drug-likeness (QED) is 0.470. The zero-order valence-electron chi connectivity index (χ0n) is 9.33. The highest BCUT2D eigenvalue weighted by atomic mass is 35.5. The van der Waals surface area contributed by atoms with Gasteiger partial charge in [0.2, 0.25) is 0 Å². The molecule has 1 aromatic carbocycles. The number of halogens is 1. The van der Waals surface area contributed by atoms with E-state index in [1.165, 1.54) is 6.07 Å². The molecular weight excluding hydrogens is 240 g/mol. The highest BCUT2D eigenvalue weighted by Crippen LogP contribution is 2.13. The van der Waals surface area contributed by atoms with Crippen molar-refractivity contribution in [2.45, 2.75) is 13.3 Å². The SMILES string of the molecule is CCOC(=O)CC#Cc1ccc(Cl)cc1C=O. The van der Waals surface area contributed by atoms with E-state index in [2.05, 4.69) is 11.8 Å². The first kappa shape index (κ1) is 13.3. The molecule has 0 radical (unpaired) electrons. The fourth-order valence-electron chi connectivity index (χ4n) is 1.17. The van der Waals surface area contributed by atoms with Crippen LogP contribution >= 0.6 is 11.6 Å². The van der Waals surface area contributed by atoms with Gasteiger partial charge in [0.1, 0.15) is 6.42 Å². The van der Waals surface area contributed by atoms with Gasteiger partial charge in [0.05, 0.1) is 6.61 Å². The lowest BCUT2D eigenvalue weighted by Gasteiger charge is -1.97. The van der Waals surface area contributed by atoms with Crippen molar-refractivity contribution in [1.29, 1.82) is 0 Å². The summed E-state index contributed by atoms with van der Waals surface area (Å²) in [4.78, 5) is 21.8. The summed E-state index contributed by atoms with van der Waals surface area (Å²) in [5, 5.41) is 0.475. The molecule has 4 heteroatoms. The number of hydrogen-bond acceptors (Lipinski definition) is 3. The van der Waals surface area contributed by atoms with Gasteiger partial charge in [0.25, 0.3) is 0 Å². The summed E-state index contributed by atoms with van der Waals surface area (Å²) in [6, 6.07) is 4.82. The van der Waals surface area contributed by atoms with E-state index < -0.39 is 0 Å². The lowest BCUT2D eigenvalue weighted by Crippen LogP contribution is -2.01. The van der Waals surface area contributed by atoms with E-state index >= 15 is 0 Å². The van der Waals surface area contributed by atoms with Crippen LogP contribution in [-0.4, -0.2) is 18.9 Å². The second-order valence-corrected chi connectivity index (χ2v) is 3.57. The first-order valence-corrected chi connectivity index (χ1v) is 5.44. The van der Waals surface area contributed by atoms with Gasteiger partial charge in [-0.15, -0.1) is 0 Å². The predicted molar refractivity (Wildman–Crippen MR) is 65.0 cm³/mol. The van der Waals surface area contributed by atoms with Gasteiger partial charge in [-0.25, -0.2) is 0 Å². The first-order chi connectivity index (χ1) is 8.17. The van der Waals surface area contributed by atoms with Gasteiger partial charge in [-0.1, -0.05) is 23.4 Å². The van der Waals surface area contributed by atoms with Gasteiger partial charge < -0.3 is 4.74 Å². The second-order valence-electron chi connectivity index (χ2n) is 3.13. The van der Waals surface area contributed by atoms with Crippen LogP contribution in [0.4, 0.5) is 0 Å². The lowest BCUT2D eigenvalue weighted by atomic mass is 10.1. The van der Waals surface area contributed by atoms with Crippen LogP contribution in [0.2, 0.25) is 5.02 Å². The average molecular weight is 251 g/mol.